The van der Waals surface area contributed by atoms with Crippen LogP contribution in [0.4, 0.5) is 0 Å². The SMILES string of the molecule is COCCCc1cc(CNC(=O)C2CC2)c(Cl)cn1.Cl. The summed E-state index contributed by atoms with van der Waals surface area (Å²) in [4.78, 5) is 15.9. The Morgan fingerprint density at radius 2 is 2.30 bits per heavy atom. The molecule has 1 fully saturated rings. The first kappa shape index (κ1) is 17.2. The minimum Gasteiger partial charge on any atom is -0.385 e. The van der Waals surface area contributed by atoms with Gasteiger partial charge in [-0.15, -0.1) is 12.4 Å². The van der Waals surface area contributed by atoms with Crippen molar-refractivity contribution in [3.63, 3.8) is 0 Å². The van der Waals surface area contributed by atoms with Crippen LogP contribution >= 0.6 is 24.0 Å². The van der Waals surface area contributed by atoms with Crippen molar-refractivity contribution in [3.8, 4) is 0 Å². The van der Waals surface area contributed by atoms with Crippen molar-refractivity contribution in [2.75, 3.05) is 13.7 Å². The van der Waals surface area contributed by atoms with Gasteiger partial charge in [0.25, 0.3) is 0 Å². The number of ether oxygens (including phenoxy) is 1. The largest absolute Gasteiger partial charge is 0.385 e. The predicted molar refractivity (Wildman–Crippen MR) is 81.3 cm³/mol. The minimum absolute atomic E-state index is 0. The molecule has 0 aliphatic heterocycles. The van der Waals surface area contributed by atoms with Crippen molar-refractivity contribution >= 4 is 29.9 Å². The zero-order valence-electron chi connectivity index (χ0n) is 11.5. The Balaban J connectivity index is 0.00000200. The Bertz CT molecular complexity index is 451. The van der Waals surface area contributed by atoms with E-state index in [1.807, 2.05) is 6.07 Å². The summed E-state index contributed by atoms with van der Waals surface area (Å²) < 4.78 is 5.02. The fourth-order valence-electron chi connectivity index (χ4n) is 1.87. The molecule has 1 heterocycles. The van der Waals surface area contributed by atoms with E-state index < -0.39 is 0 Å². The number of pyridine rings is 1. The van der Waals surface area contributed by atoms with Crippen LogP contribution in [0.5, 0.6) is 0 Å². The lowest BCUT2D eigenvalue weighted by molar-refractivity contribution is -0.122. The molecule has 0 bridgehead atoms. The maximum absolute atomic E-state index is 11.6. The van der Waals surface area contributed by atoms with Crippen LogP contribution in [-0.2, 0) is 22.5 Å². The number of carbonyl (C=O) groups excluding carboxylic acids is 1. The Morgan fingerprint density at radius 3 is 2.95 bits per heavy atom. The smallest absolute Gasteiger partial charge is 0.223 e. The van der Waals surface area contributed by atoms with Crippen molar-refractivity contribution in [2.45, 2.75) is 32.2 Å². The predicted octanol–water partition coefficient (Wildman–Crippen LogP) is 2.76. The van der Waals surface area contributed by atoms with Crippen molar-refractivity contribution in [1.82, 2.24) is 10.3 Å². The van der Waals surface area contributed by atoms with Gasteiger partial charge in [0.1, 0.15) is 0 Å². The molecule has 1 amide bonds. The Morgan fingerprint density at radius 1 is 1.55 bits per heavy atom. The van der Waals surface area contributed by atoms with Gasteiger partial charge in [0.05, 0.1) is 5.02 Å². The summed E-state index contributed by atoms with van der Waals surface area (Å²) in [7, 11) is 1.69. The summed E-state index contributed by atoms with van der Waals surface area (Å²) in [6, 6.07) is 1.96. The van der Waals surface area contributed by atoms with E-state index in [4.69, 9.17) is 16.3 Å². The van der Waals surface area contributed by atoms with Crippen LogP contribution in [0.1, 0.15) is 30.5 Å². The quantitative estimate of drug-likeness (QED) is 0.786. The number of carbonyl (C=O) groups is 1. The molecule has 20 heavy (non-hydrogen) atoms. The van der Waals surface area contributed by atoms with E-state index in [0.29, 0.717) is 11.6 Å². The molecule has 0 atom stereocenters. The van der Waals surface area contributed by atoms with Gasteiger partial charge < -0.3 is 10.1 Å². The second-order valence-corrected chi connectivity index (χ2v) is 5.26. The van der Waals surface area contributed by atoms with Crippen LogP contribution in [0.15, 0.2) is 12.3 Å². The molecule has 6 heteroatoms. The van der Waals surface area contributed by atoms with Gasteiger partial charge in [-0.1, -0.05) is 11.6 Å². The highest BCUT2D eigenvalue weighted by molar-refractivity contribution is 6.31. The van der Waals surface area contributed by atoms with Gasteiger partial charge >= 0.3 is 0 Å². The molecule has 1 saturated carbocycles. The Hall–Kier alpha value is -0.840. The van der Waals surface area contributed by atoms with Gasteiger partial charge in [-0.25, -0.2) is 0 Å². The Kier molecular flexibility index (Phi) is 7.27. The third-order valence-electron chi connectivity index (χ3n) is 3.17. The van der Waals surface area contributed by atoms with E-state index in [2.05, 4.69) is 10.3 Å². The minimum atomic E-state index is 0. The summed E-state index contributed by atoms with van der Waals surface area (Å²) in [5.74, 6) is 0.357. The summed E-state index contributed by atoms with van der Waals surface area (Å²) >= 11 is 6.10. The van der Waals surface area contributed by atoms with Crippen LogP contribution < -0.4 is 5.32 Å². The van der Waals surface area contributed by atoms with Crippen molar-refractivity contribution in [3.05, 3.63) is 28.5 Å². The molecule has 0 unspecified atom stereocenters. The molecule has 1 aliphatic carbocycles. The molecular formula is C14H20Cl2N2O2. The maximum atomic E-state index is 11.6. The lowest BCUT2D eigenvalue weighted by atomic mass is 10.1. The normalized spacial score (nSPS) is 13.7. The molecule has 1 aromatic heterocycles. The fraction of sp³-hybridized carbons (Fsp3) is 0.571. The average molecular weight is 319 g/mol. The Labute approximate surface area is 130 Å². The number of hydrogen-bond acceptors (Lipinski definition) is 3. The second-order valence-electron chi connectivity index (χ2n) is 4.86. The van der Waals surface area contributed by atoms with Crippen LogP contribution in [0, 0.1) is 5.92 Å². The first-order valence-corrected chi connectivity index (χ1v) is 6.98. The first-order chi connectivity index (χ1) is 9.20. The van der Waals surface area contributed by atoms with E-state index in [1.54, 1.807) is 13.3 Å². The molecule has 0 aromatic carbocycles. The topological polar surface area (TPSA) is 51.2 Å². The number of methoxy groups -OCH3 is 1. The van der Waals surface area contributed by atoms with Gasteiger partial charge in [-0.2, -0.15) is 0 Å². The monoisotopic (exact) mass is 318 g/mol. The number of amides is 1. The van der Waals surface area contributed by atoms with E-state index in [-0.39, 0.29) is 24.2 Å². The number of nitrogens with zero attached hydrogens (tertiary/aromatic N) is 1. The molecule has 2 rings (SSSR count). The third kappa shape index (κ3) is 5.27. The molecule has 0 saturated heterocycles. The molecule has 0 spiro atoms. The van der Waals surface area contributed by atoms with Crippen LogP contribution in [0.25, 0.3) is 0 Å². The molecular weight excluding hydrogens is 299 g/mol. The third-order valence-corrected chi connectivity index (χ3v) is 3.51. The van der Waals surface area contributed by atoms with Gasteiger partial charge in [-0.3, -0.25) is 9.78 Å². The summed E-state index contributed by atoms with van der Waals surface area (Å²) in [5, 5.41) is 3.52. The number of nitrogens with one attached hydrogen (secondary N) is 1. The van der Waals surface area contributed by atoms with Crippen LogP contribution in [0.3, 0.4) is 0 Å². The highest BCUT2D eigenvalue weighted by Gasteiger charge is 2.29. The molecule has 0 radical (unpaired) electrons. The van der Waals surface area contributed by atoms with Gasteiger partial charge in [0.2, 0.25) is 5.91 Å². The van der Waals surface area contributed by atoms with Crippen molar-refractivity contribution in [2.24, 2.45) is 5.92 Å². The second kappa shape index (κ2) is 8.45. The molecule has 1 aromatic rings. The number of halogens is 2. The number of hydrogen-bond donors (Lipinski definition) is 1. The van der Waals surface area contributed by atoms with Crippen molar-refractivity contribution in [1.29, 1.82) is 0 Å². The highest BCUT2D eigenvalue weighted by atomic mass is 35.5. The summed E-state index contributed by atoms with van der Waals surface area (Å²) in [6.07, 6.45) is 5.46. The molecule has 1 aliphatic rings. The average Bonchev–Trinajstić information content (AvgIpc) is 3.23. The molecule has 4 nitrogen and oxygen atoms in total. The number of aromatic nitrogens is 1. The van der Waals surface area contributed by atoms with Crippen LogP contribution in [0.2, 0.25) is 5.02 Å². The zero-order valence-corrected chi connectivity index (χ0v) is 13.1. The van der Waals surface area contributed by atoms with Crippen molar-refractivity contribution < 1.29 is 9.53 Å². The highest BCUT2D eigenvalue weighted by Crippen LogP contribution is 2.29. The number of rotatable bonds is 7. The summed E-state index contributed by atoms with van der Waals surface area (Å²) in [6.45, 7) is 1.20. The zero-order chi connectivity index (χ0) is 13.7. The lowest BCUT2D eigenvalue weighted by Crippen LogP contribution is -2.24. The molecule has 112 valence electrons. The van der Waals surface area contributed by atoms with E-state index in [9.17, 15) is 4.79 Å². The number of aryl methyl sites for hydroxylation is 1. The standard InChI is InChI=1S/C14H19ClN2O2.ClH/c1-19-6-2-3-12-7-11(13(15)9-16-12)8-17-14(18)10-4-5-10;/h7,9-10H,2-6,8H2,1H3,(H,17,18);1H. The van der Waals surface area contributed by atoms with Gasteiger partial charge in [-0.05, 0) is 37.3 Å². The fourth-order valence-corrected chi connectivity index (χ4v) is 2.04. The summed E-state index contributed by atoms with van der Waals surface area (Å²) in [5.41, 5.74) is 1.91. The van der Waals surface area contributed by atoms with Crippen LogP contribution in [-0.4, -0.2) is 24.6 Å². The van der Waals surface area contributed by atoms with Gasteiger partial charge in [0, 0.05) is 38.1 Å². The maximum Gasteiger partial charge on any atom is 0.223 e. The van der Waals surface area contributed by atoms with E-state index in [1.165, 1.54) is 0 Å². The van der Waals surface area contributed by atoms with E-state index >= 15 is 0 Å². The van der Waals surface area contributed by atoms with Gasteiger partial charge in [0.15, 0.2) is 0 Å². The van der Waals surface area contributed by atoms with E-state index in [0.717, 1.165) is 43.5 Å². The molecule has 1 N–H and O–H groups in total. The lowest BCUT2D eigenvalue weighted by Gasteiger charge is -2.08. The first-order valence-electron chi connectivity index (χ1n) is 6.60.